The van der Waals surface area contributed by atoms with E-state index in [1.54, 1.807) is 0 Å². The Hall–Kier alpha value is 0.492. The van der Waals surface area contributed by atoms with Crippen LogP contribution in [0.3, 0.4) is 0 Å². The summed E-state index contributed by atoms with van der Waals surface area (Å²) < 4.78 is 1.00. The summed E-state index contributed by atoms with van der Waals surface area (Å²) in [5, 5.41) is 0. The summed E-state index contributed by atoms with van der Waals surface area (Å²) in [6, 6.07) is 0. The summed E-state index contributed by atoms with van der Waals surface area (Å²) in [6.07, 6.45) is 0. The summed E-state index contributed by atoms with van der Waals surface area (Å²) >= 11 is 0. The van der Waals surface area contributed by atoms with Crippen molar-refractivity contribution in [1.82, 2.24) is 0 Å². The zero-order chi connectivity index (χ0) is 4.50. The molecule has 0 aromatic rings. The number of quaternary nitrogens is 1. The van der Waals surface area contributed by atoms with Crippen LogP contribution in [0.1, 0.15) is 5.71 Å². The van der Waals surface area contributed by atoms with Crippen molar-refractivity contribution in [3.63, 3.8) is 0 Å². The van der Waals surface area contributed by atoms with Crippen LogP contribution in [0.15, 0.2) is 0 Å². The van der Waals surface area contributed by atoms with Gasteiger partial charge in [-0.05, 0) is 0 Å². The van der Waals surface area contributed by atoms with E-state index in [-0.39, 0.29) is 23.1 Å². The maximum atomic E-state index is 2.12. The van der Waals surface area contributed by atoms with Gasteiger partial charge in [0.25, 0.3) is 0 Å². The number of nitrogens with zero attached hydrogens (tertiary/aromatic N) is 1. The van der Waals surface area contributed by atoms with E-state index in [0.29, 0.717) is 0 Å². The fourth-order valence-corrected chi connectivity index (χ4v) is 0. The minimum atomic E-state index is 0. The van der Waals surface area contributed by atoms with Gasteiger partial charge in [-0.1, -0.05) is 0 Å². The van der Waals surface area contributed by atoms with Crippen molar-refractivity contribution in [2.24, 2.45) is 0 Å². The molecular formula is C4H16AlN. The molecule has 0 atom stereocenters. The third kappa shape index (κ3) is 226. The molecule has 0 fully saturated rings. The van der Waals surface area contributed by atoms with Crippen molar-refractivity contribution >= 4 is 17.4 Å². The van der Waals surface area contributed by atoms with E-state index < -0.39 is 0 Å². The second-order valence-corrected chi connectivity index (χ2v) is 2.68. The van der Waals surface area contributed by atoms with Gasteiger partial charge < -0.3 is 10.2 Å². The van der Waals surface area contributed by atoms with Crippen LogP contribution in [-0.2, 0) is 0 Å². The zero-order valence-electron chi connectivity index (χ0n) is 9.02. The van der Waals surface area contributed by atoms with Crippen molar-refractivity contribution in [3.05, 3.63) is 0 Å². The largest absolute Gasteiger partial charge is 3.00 e. The van der Waals surface area contributed by atoms with Gasteiger partial charge in [-0.3, -0.25) is 0 Å². The molecule has 0 aliphatic heterocycles. The summed E-state index contributed by atoms with van der Waals surface area (Å²) in [4.78, 5) is 0. The van der Waals surface area contributed by atoms with Gasteiger partial charge in [-0.25, -0.2) is 0 Å². The molecule has 0 N–H and O–H groups in total. The van der Waals surface area contributed by atoms with Crippen molar-refractivity contribution in [2.45, 2.75) is 0 Å². The van der Waals surface area contributed by atoms with Crippen LogP contribution in [0, 0.1) is 0 Å². The smallest absolute Gasteiger partial charge is 1.00 e. The average Bonchev–Trinajstić information content (AvgIpc) is 0.722. The van der Waals surface area contributed by atoms with E-state index in [2.05, 4.69) is 28.2 Å². The van der Waals surface area contributed by atoms with E-state index in [4.69, 9.17) is 0 Å². The molecule has 0 amide bonds. The molecule has 40 valence electrons. The molecule has 0 aliphatic rings. The molecule has 0 spiro atoms. The Kier molecular flexibility index (Phi) is 4.25. The van der Waals surface area contributed by atoms with Crippen LogP contribution in [-0.4, -0.2) is 50.0 Å². The van der Waals surface area contributed by atoms with Gasteiger partial charge in [0.05, 0.1) is 28.2 Å². The SMILES string of the molecule is C[N+](C)(C)C.[Al+3].[H-].[H-].[H-].[H-]. The Morgan fingerprint density at radius 2 is 1.00 bits per heavy atom. The Morgan fingerprint density at radius 1 is 1.00 bits per heavy atom. The van der Waals surface area contributed by atoms with Gasteiger partial charge in [-0.2, -0.15) is 0 Å². The third-order valence-electron chi connectivity index (χ3n) is 0. The zero-order valence-corrected chi connectivity index (χ0v) is 6.18. The summed E-state index contributed by atoms with van der Waals surface area (Å²) in [6.45, 7) is 0. The quantitative estimate of drug-likeness (QED) is 0.309. The second kappa shape index (κ2) is 2.63. The van der Waals surface area contributed by atoms with Crippen molar-refractivity contribution < 1.29 is 10.2 Å². The first kappa shape index (κ1) is 9.70. The predicted octanol–water partition coefficient (Wildman–Crippen LogP) is 0.392. The van der Waals surface area contributed by atoms with Crippen LogP contribution in [0.5, 0.6) is 0 Å². The van der Waals surface area contributed by atoms with Gasteiger partial charge >= 0.3 is 17.4 Å². The van der Waals surface area contributed by atoms with Crippen LogP contribution >= 0.6 is 0 Å². The normalized spacial score (nSPS) is 10.0. The monoisotopic (exact) mass is 105 g/mol. The molecule has 0 aromatic carbocycles. The maximum Gasteiger partial charge on any atom is 3.00 e. The first-order chi connectivity index (χ1) is 2.00. The van der Waals surface area contributed by atoms with Gasteiger partial charge in [0, 0.05) is 0 Å². The van der Waals surface area contributed by atoms with Crippen LogP contribution in [0.2, 0.25) is 0 Å². The molecular weight excluding hydrogens is 89.0 g/mol. The maximum absolute atomic E-state index is 2.12. The first-order valence-electron chi connectivity index (χ1n) is 1.79. The van der Waals surface area contributed by atoms with Gasteiger partial charge in [0.15, 0.2) is 0 Å². The van der Waals surface area contributed by atoms with Crippen LogP contribution < -0.4 is 0 Å². The van der Waals surface area contributed by atoms with E-state index >= 15 is 0 Å². The topological polar surface area (TPSA) is 0 Å². The standard InChI is InChI=1S/C4H12N.Al.4H/c1-5(2,3)4;;;;;/h1-4H3;;;;;/q+1;+3;4*-1. The number of rotatable bonds is 0. The fraction of sp³-hybridized carbons (Fsp3) is 1.00. The minimum Gasteiger partial charge on any atom is -1.00 e. The van der Waals surface area contributed by atoms with Crippen molar-refractivity contribution in [2.75, 3.05) is 28.2 Å². The van der Waals surface area contributed by atoms with E-state index in [1.165, 1.54) is 0 Å². The van der Waals surface area contributed by atoms with Gasteiger partial charge in [-0.15, -0.1) is 0 Å². The molecule has 0 bridgehead atoms. The summed E-state index contributed by atoms with van der Waals surface area (Å²) in [5.41, 5.74) is 0. The number of hydrogen-bond donors (Lipinski definition) is 0. The van der Waals surface area contributed by atoms with Crippen molar-refractivity contribution in [3.8, 4) is 0 Å². The molecule has 0 saturated heterocycles. The second-order valence-electron chi connectivity index (χ2n) is 2.68. The third-order valence-corrected chi connectivity index (χ3v) is 0. The Morgan fingerprint density at radius 3 is 1.00 bits per heavy atom. The molecule has 0 unspecified atom stereocenters. The molecule has 6 heavy (non-hydrogen) atoms. The Balaban J connectivity index is -0.00000000800. The molecule has 0 aliphatic carbocycles. The average molecular weight is 105 g/mol. The Labute approximate surface area is 56.6 Å². The fourth-order valence-electron chi connectivity index (χ4n) is 0. The van der Waals surface area contributed by atoms with Crippen LogP contribution in [0.4, 0.5) is 0 Å². The van der Waals surface area contributed by atoms with Crippen molar-refractivity contribution in [1.29, 1.82) is 0 Å². The predicted molar refractivity (Wildman–Crippen MR) is 34.2 cm³/mol. The minimum absolute atomic E-state index is 0. The van der Waals surface area contributed by atoms with E-state index in [1.807, 2.05) is 0 Å². The molecule has 0 rings (SSSR count). The first-order valence-corrected chi connectivity index (χ1v) is 1.79. The summed E-state index contributed by atoms with van der Waals surface area (Å²) in [5.74, 6) is 0. The molecule has 0 radical (unpaired) electrons. The molecule has 0 saturated carbocycles. The van der Waals surface area contributed by atoms with Gasteiger partial charge in [0.2, 0.25) is 0 Å². The molecule has 1 nitrogen and oxygen atoms in total. The Bertz CT molecular complexity index is 32.7. The van der Waals surface area contributed by atoms with E-state index in [0.717, 1.165) is 4.48 Å². The molecule has 0 aromatic heterocycles. The molecule has 0 heterocycles. The van der Waals surface area contributed by atoms with E-state index in [9.17, 15) is 0 Å². The number of hydrogen-bond acceptors (Lipinski definition) is 0. The molecule has 2 heteroatoms. The summed E-state index contributed by atoms with van der Waals surface area (Å²) in [7, 11) is 8.50. The van der Waals surface area contributed by atoms with Crippen LogP contribution in [0.25, 0.3) is 0 Å². The van der Waals surface area contributed by atoms with Gasteiger partial charge in [0.1, 0.15) is 0 Å².